The Kier molecular flexibility index (Phi) is 6.20. The van der Waals surface area contributed by atoms with E-state index >= 15 is 0 Å². The van der Waals surface area contributed by atoms with Crippen LogP contribution in [0.1, 0.15) is 64.5 Å². The summed E-state index contributed by atoms with van der Waals surface area (Å²) in [4.78, 5) is 23.7. The first-order valence-electron chi connectivity index (χ1n) is 8.94. The number of carboxylic acids is 1. The van der Waals surface area contributed by atoms with Crippen LogP contribution in [0.2, 0.25) is 0 Å². The van der Waals surface area contributed by atoms with Crippen LogP contribution in [0.3, 0.4) is 0 Å². The summed E-state index contributed by atoms with van der Waals surface area (Å²) in [6.45, 7) is 6.31. The maximum Gasteiger partial charge on any atom is 0.306 e. The summed E-state index contributed by atoms with van der Waals surface area (Å²) in [7, 11) is 0. The molecule has 1 atom stereocenters. The summed E-state index contributed by atoms with van der Waals surface area (Å²) in [6, 6.07) is 6.08. The van der Waals surface area contributed by atoms with Crippen molar-refractivity contribution in [3.05, 3.63) is 35.6 Å². The molecule has 2 rings (SSSR count). The van der Waals surface area contributed by atoms with Crippen molar-refractivity contribution in [2.75, 3.05) is 0 Å². The highest BCUT2D eigenvalue weighted by molar-refractivity contribution is 5.79. The third-order valence-electron chi connectivity index (χ3n) is 4.85. The fourth-order valence-corrected chi connectivity index (χ4v) is 3.45. The summed E-state index contributed by atoms with van der Waals surface area (Å²) >= 11 is 0. The second-order valence-electron chi connectivity index (χ2n) is 8.26. The molecule has 25 heavy (non-hydrogen) atoms. The second-order valence-corrected chi connectivity index (χ2v) is 8.26. The molecule has 0 aromatic heterocycles. The van der Waals surface area contributed by atoms with Crippen LogP contribution in [0.15, 0.2) is 24.3 Å². The molecule has 1 aliphatic rings. The monoisotopic (exact) mass is 349 g/mol. The van der Waals surface area contributed by atoms with Crippen LogP contribution in [0.25, 0.3) is 0 Å². The minimum Gasteiger partial charge on any atom is -0.481 e. The number of hydrogen-bond acceptors (Lipinski definition) is 2. The van der Waals surface area contributed by atoms with E-state index in [1.165, 1.54) is 12.1 Å². The number of carbonyl (C=O) groups is 2. The molecule has 138 valence electrons. The first-order valence-corrected chi connectivity index (χ1v) is 8.94. The molecule has 1 aromatic carbocycles. The van der Waals surface area contributed by atoms with Crippen LogP contribution in [0, 0.1) is 23.1 Å². The third kappa shape index (κ3) is 5.83. The lowest BCUT2D eigenvalue weighted by Crippen LogP contribution is -2.37. The van der Waals surface area contributed by atoms with Crippen LogP contribution in [-0.4, -0.2) is 17.0 Å². The molecule has 1 amide bonds. The molecule has 0 bridgehead atoms. The van der Waals surface area contributed by atoms with Crippen LogP contribution < -0.4 is 5.32 Å². The molecule has 1 aliphatic carbocycles. The molecule has 0 heterocycles. The van der Waals surface area contributed by atoms with E-state index in [0.717, 1.165) is 12.0 Å². The van der Waals surface area contributed by atoms with E-state index in [2.05, 4.69) is 26.1 Å². The predicted octanol–water partition coefficient (Wildman–Crippen LogP) is 4.31. The first-order chi connectivity index (χ1) is 11.7. The number of rotatable bonds is 5. The number of nitrogens with one attached hydrogen (secondary N) is 1. The van der Waals surface area contributed by atoms with E-state index in [9.17, 15) is 14.0 Å². The van der Waals surface area contributed by atoms with Crippen LogP contribution in [0.5, 0.6) is 0 Å². The molecule has 0 spiro atoms. The molecule has 4 nitrogen and oxygen atoms in total. The quantitative estimate of drug-likeness (QED) is 0.832. The summed E-state index contributed by atoms with van der Waals surface area (Å²) in [5.41, 5.74) is 0.900. The third-order valence-corrected chi connectivity index (χ3v) is 4.85. The van der Waals surface area contributed by atoms with E-state index in [-0.39, 0.29) is 35.0 Å². The van der Waals surface area contributed by atoms with Crippen molar-refractivity contribution in [3.63, 3.8) is 0 Å². The van der Waals surface area contributed by atoms with Gasteiger partial charge in [-0.3, -0.25) is 9.59 Å². The van der Waals surface area contributed by atoms with E-state index in [1.54, 1.807) is 12.1 Å². The first kappa shape index (κ1) is 19.4. The second kappa shape index (κ2) is 7.98. The number of carboxylic acid groups (broad SMARTS) is 1. The highest BCUT2D eigenvalue weighted by Crippen LogP contribution is 2.32. The fourth-order valence-electron chi connectivity index (χ4n) is 3.45. The van der Waals surface area contributed by atoms with Crippen LogP contribution in [-0.2, 0) is 9.59 Å². The van der Waals surface area contributed by atoms with Crippen molar-refractivity contribution >= 4 is 11.9 Å². The number of halogens is 1. The van der Waals surface area contributed by atoms with Gasteiger partial charge in [-0.2, -0.15) is 0 Å². The Hall–Kier alpha value is -1.91. The Labute approximate surface area is 148 Å². The SMILES string of the molecule is CC(C)(C)CC(NC(=O)C1CCC(C(=O)O)CC1)c1ccc(F)cc1. The Balaban J connectivity index is 2.04. The van der Waals surface area contributed by atoms with Crippen molar-refractivity contribution in [2.45, 2.75) is 58.9 Å². The van der Waals surface area contributed by atoms with Crippen molar-refractivity contribution in [1.82, 2.24) is 5.32 Å². The molecule has 1 fully saturated rings. The summed E-state index contributed by atoms with van der Waals surface area (Å²) in [5, 5.41) is 12.2. The molecule has 0 aliphatic heterocycles. The normalized spacial score (nSPS) is 22.2. The lowest BCUT2D eigenvalue weighted by atomic mass is 9.81. The van der Waals surface area contributed by atoms with Gasteiger partial charge in [-0.1, -0.05) is 32.9 Å². The van der Waals surface area contributed by atoms with Crippen molar-refractivity contribution in [2.24, 2.45) is 17.3 Å². The summed E-state index contributed by atoms with van der Waals surface area (Å²) in [6.07, 6.45) is 3.06. The maximum absolute atomic E-state index is 13.2. The molecular weight excluding hydrogens is 321 g/mol. The van der Waals surface area contributed by atoms with Gasteiger partial charge in [-0.05, 0) is 55.2 Å². The van der Waals surface area contributed by atoms with Crippen LogP contribution >= 0.6 is 0 Å². The zero-order chi connectivity index (χ0) is 18.6. The van der Waals surface area contributed by atoms with Gasteiger partial charge in [0.15, 0.2) is 0 Å². The summed E-state index contributed by atoms with van der Waals surface area (Å²) < 4.78 is 13.2. The minimum absolute atomic E-state index is 0.00724. The summed E-state index contributed by atoms with van der Waals surface area (Å²) in [5.74, 6) is -1.56. The van der Waals surface area contributed by atoms with Crippen molar-refractivity contribution in [3.8, 4) is 0 Å². The highest BCUT2D eigenvalue weighted by Gasteiger charge is 2.31. The number of aliphatic carboxylic acids is 1. The Bertz CT molecular complexity index is 598. The lowest BCUT2D eigenvalue weighted by Gasteiger charge is -2.30. The van der Waals surface area contributed by atoms with E-state index in [1.807, 2.05) is 0 Å². The average molecular weight is 349 g/mol. The lowest BCUT2D eigenvalue weighted by molar-refractivity contribution is -0.144. The Morgan fingerprint density at radius 3 is 2.12 bits per heavy atom. The smallest absolute Gasteiger partial charge is 0.306 e. The van der Waals surface area contributed by atoms with Gasteiger partial charge in [-0.15, -0.1) is 0 Å². The van der Waals surface area contributed by atoms with Gasteiger partial charge in [0.25, 0.3) is 0 Å². The zero-order valence-corrected chi connectivity index (χ0v) is 15.2. The van der Waals surface area contributed by atoms with Crippen molar-refractivity contribution < 1.29 is 19.1 Å². The molecule has 0 radical (unpaired) electrons. The van der Waals surface area contributed by atoms with E-state index in [4.69, 9.17) is 5.11 Å². The molecule has 2 N–H and O–H groups in total. The van der Waals surface area contributed by atoms with E-state index < -0.39 is 5.97 Å². The fraction of sp³-hybridized carbons (Fsp3) is 0.600. The van der Waals surface area contributed by atoms with Gasteiger partial charge in [-0.25, -0.2) is 4.39 Å². The van der Waals surface area contributed by atoms with Gasteiger partial charge >= 0.3 is 5.97 Å². The molecule has 5 heteroatoms. The van der Waals surface area contributed by atoms with Gasteiger partial charge in [0.2, 0.25) is 5.91 Å². The maximum atomic E-state index is 13.2. The zero-order valence-electron chi connectivity index (χ0n) is 15.2. The molecular formula is C20H28FNO3. The molecule has 1 aromatic rings. The Morgan fingerprint density at radius 1 is 1.12 bits per heavy atom. The molecule has 1 saturated carbocycles. The number of carbonyl (C=O) groups excluding carboxylic acids is 1. The topological polar surface area (TPSA) is 66.4 Å². The van der Waals surface area contributed by atoms with Crippen LogP contribution in [0.4, 0.5) is 4.39 Å². The molecule has 1 unspecified atom stereocenters. The van der Waals surface area contributed by atoms with Gasteiger partial charge in [0, 0.05) is 5.92 Å². The standard InChI is InChI=1S/C20H28FNO3/c1-20(2,3)12-17(13-8-10-16(21)11-9-13)22-18(23)14-4-6-15(7-5-14)19(24)25/h8-11,14-15,17H,4-7,12H2,1-3H3,(H,22,23)(H,24,25). The minimum atomic E-state index is -0.768. The number of amides is 1. The Morgan fingerprint density at radius 2 is 1.64 bits per heavy atom. The van der Waals surface area contributed by atoms with E-state index in [0.29, 0.717) is 25.7 Å². The number of benzene rings is 1. The van der Waals surface area contributed by atoms with Gasteiger partial charge < -0.3 is 10.4 Å². The number of hydrogen-bond donors (Lipinski definition) is 2. The highest BCUT2D eigenvalue weighted by atomic mass is 19.1. The largest absolute Gasteiger partial charge is 0.481 e. The molecule has 0 saturated heterocycles. The van der Waals surface area contributed by atoms with Crippen molar-refractivity contribution in [1.29, 1.82) is 0 Å². The predicted molar refractivity (Wildman–Crippen MR) is 94.4 cm³/mol. The van der Waals surface area contributed by atoms with Gasteiger partial charge in [0.05, 0.1) is 12.0 Å². The average Bonchev–Trinajstić information content (AvgIpc) is 2.53. The van der Waals surface area contributed by atoms with Gasteiger partial charge in [0.1, 0.15) is 5.82 Å².